The van der Waals surface area contributed by atoms with Crippen LogP contribution in [0.3, 0.4) is 0 Å². The zero-order valence-corrected chi connectivity index (χ0v) is 11.5. The molecule has 3 rings (SSSR count). The standard InChI is InChI=1S/C13H17N5O3/c19-11-7-14-13(21)18(11)8-12(20)17-6-2-1-3-10(17)9-4-5-15-16-9/h4-5,10H,1-3,6-8H2,(H,14,21)(H,15,16)/t10-/m0/s1. The summed E-state index contributed by atoms with van der Waals surface area (Å²) in [4.78, 5) is 38.3. The van der Waals surface area contributed by atoms with Gasteiger partial charge in [0.15, 0.2) is 0 Å². The highest BCUT2D eigenvalue weighted by molar-refractivity contribution is 6.04. The van der Waals surface area contributed by atoms with E-state index in [2.05, 4.69) is 15.5 Å². The molecular formula is C13H17N5O3. The number of urea groups is 1. The van der Waals surface area contributed by atoms with Gasteiger partial charge in [-0.15, -0.1) is 0 Å². The molecule has 0 aromatic carbocycles. The van der Waals surface area contributed by atoms with Crippen molar-refractivity contribution in [2.24, 2.45) is 0 Å². The Morgan fingerprint density at radius 3 is 2.90 bits per heavy atom. The maximum absolute atomic E-state index is 12.5. The molecule has 0 bridgehead atoms. The second-order valence-corrected chi connectivity index (χ2v) is 5.25. The summed E-state index contributed by atoms with van der Waals surface area (Å²) in [6, 6.07) is 1.29. The van der Waals surface area contributed by atoms with Crippen LogP contribution in [-0.2, 0) is 9.59 Å². The highest BCUT2D eigenvalue weighted by Crippen LogP contribution is 2.29. The Balaban J connectivity index is 1.72. The molecule has 1 aromatic heterocycles. The van der Waals surface area contributed by atoms with Crippen LogP contribution in [0.4, 0.5) is 4.79 Å². The van der Waals surface area contributed by atoms with Gasteiger partial charge in [-0.2, -0.15) is 5.10 Å². The summed E-state index contributed by atoms with van der Waals surface area (Å²) in [5, 5.41) is 9.24. The lowest BCUT2D eigenvalue weighted by atomic mass is 9.99. The largest absolute Gasteiger partial charge is 0.333 e. The summed E-state index contributed by atoms with van der Waals surface area (Å²) >= 11 is 0. The van der Waals surface area contributed by atoms with E-state index in [0.29, 0.717) is 6.54 Å². The van der Waals surface area contributed by atoms with Gasteiger partial charge in [0, 0.05) is 12.7 Å². The molecule has 21 heavy (non-hydrogen) atoms. The highest BCUT2D eigenvalue weighted by Gasteiger charge is 2.34. The van der Waals surface area contributed by atoms with Gasteiger partial charge in [0.05, 0.1) is 18.3 Å². The molecule has 8 nitrogen and oxygen atoms in total. The van der Waals surface area contributed by atoms with Crippen LogP contribution in [0.2, 0.25) is 0 Å². The maximum Gasteiger partial charge on any atom is 0.325 e. The number of likely N-dealkylation sites (tertiary alicyclic amines) is 1. The minimum Gasteiger partial charge on any atom is -0.333 e. The molecule has 4 amide bonds. The highest BCUT2D eigenvalue weighted by atomic mass is 16.2. The third-order valence-corrected chi connectivity index (χ3v) is 3.93. The molecule has 0 radical (unpaired) electrons. The van der Waals surface area contributed by atoms with Crippen molar-refractivity contribution in [2.45, 2.75) is 25.3 Å². The Kier molecular flexibility index (Phi) is 3.59. The first-order valence-corrected chi connectivity index (χ1v) is 7.04. The fourth-order valence-electron chi connectivity index (χ4n) is 2.85. The van der Waals surface area contributed by atoms with Crippen LogP contribution >= 0.6 is 0 Å². The third kappa shape index (κ3) is 2.61. The van der Waals surface area contributed by atoms with E-state index in [1.165, 1.54) is 0 Å². The number of hydrogen-bond donors (Lipinski definition) is 2. The van der Waals surface area contributed by atoms with Crippen molar-refractivity contribution < 1.29 is 14.4 Å². The molecule has 2 fully saturated rings. The number of carbonyl (C=O) groups excluding carboxylic acids is 3. The summed E-state index contributed by atoms with van der Waals surface area (Å²) in [5.74, 6) is -0.567. The number of hydrogen-bond acceptors (Lipinski definition) is 4. The first kappa shape index (κ1) is 13.6. The number of aromatic amines is 1. The molecular weight excluding hydrogens is 274 g/mol. The summed E-state index contributed by atoms with van der Waals surface area (Å²) in [6.07, 6.45) is 4.48. The van der Waals surface area contributed by atoms with Crippen LogP contribution in [0.25, 0.3) is 0 Å². The number of rotatable bonds is 3. The van der Waals surface area contributed by atoms with Gasteiger partial charge in [-0.25, -0.2) is 4.79 Å². The lowest BCUT2D eigenvalue weighted by Crippen LogP contribution is -2.46. The van der Waals surface area contributed by atoms with E-state index in [-0.39, 0.29) is 30.9 Å². The quantitative estimate of drug-likeness (QED) is 0.767. The second-order valence-electron chi connectivity index (χ2n) is 5.25. The van der Waals surface area contributed by atoms with Gasteiger partial charge in [0.25, 0.3) is 5.91 Å². The molecule has 1 atom stereocenters. The molecule has 2 saturated heterocycles. The van der Waals surface area contributed by atoms with Crippen molar-refractivity contribution in [1.82, 2.24) is 25.3 Å². The van der Waals surface area contributed by atoms with Crippen molar-refractivity contribution in [3.05, 3.63) is 18.0 Å². The number of H-pyrrole nitrogens is 1. The van der Waals surface area contributed by atoms with Gasteiger partial charge in [-0.3, -0.25) is 19.6 Å². The van der Waals surface area contributed by atoms with E-state index >= 15 is 0 Å². The van der Waals surface area contributed by atoms with Crippen molar-refractivity contribution in [1.29, 1.82) is 0 Å². The first-order valence-electron chi connectivity index (χ1n) is 7.04. The van der Waals surface area contributed by atoms with Crippen molar-refractivity contribution in [3.63, 3.8) is 0 Å². The summed E-state index contributed by atoms with van der Waals surface area (Å²) in [6.45, 7) is 0.400. The maximum atomic E-state index is 12.5. The van der Waals surface area contributed by atoms with Gasteiger partial charge in [-0.1, -0.05) is 0 Å². The molecule has 0 unspecified atom stereocenters. The Morgan fingerprint density at radius 1 is 1.38 bits per heavy atom. The van der Waals surface area contributed by atoms with Gasteiger partial charge in [0.1, 0.15) is 6.54 Å². The topological polar surface area (TPSA) is 98.4 Å². The number of carbonyl (C=O) groups is 3. The predicted octanol–water partition coefficient (Wildman–Crippen LogP) is 0.0151. The van der Waals surface area contributed by atoms with Crippen molar-refractivity contribution in [2.75, 3.05) is 19.6 Å². The van der Waals surface area contributed by atoms with Gasteiger partial charge >= 0.3 is 6.03 Å². The number of amides is 4. The summed E-state index contributed by atoms with van der Waals surface area (Å²) < 4.78 is 0. The minimum atomic E-state index is -0.497. The second kappa shape index (κ2) is 5.55. The normalized spacial score (nSPS) is 22.6. The lowest BCUT2D eigenvalue weighted by molar-refractivity contribution is -0.139. The number of piperidine rings is 1. The van der Waals surface area contributed by atoms with E-state index in [1.54, 1.807) is 11.1 Å². The van der Waals surface area contributed by atoms with E-state index in [9.17, 15) is 14.4 Å². The summed E-state index contributed by atoms with van der Waals surface area (Å²) in [7, 11) is 0. The molecule has 0 spiro atoms. The van der Waals surface area contributed by atoms with Gasteiger partial charge in [-0.05, 0) is 25.3 Å². The average molecular weight is 291 g/mol. The lowest BCUT2D eigenvalue weighted by Gasteiger charge is -2.35. The van der Waals surface area contributed by atoms with Crippen molar-refractivity contribution in [3.8, 4) is 0 Å². The molecule has 112 valence electrons. The number of aromatic nitrogens is 2. The number of imide groups is 1. The fraction of sp³-hybridized carbons (Fsp3) is 0.538. The molecule has 0 aliphatic carbocycles. The smallest absolute Gasteiger partial charge is 0.325 e. The molecule has 2 aliphatic heterocycles. The van der Waals surface area contributed by atoms with Crippen LogP contribution in [0.1, 0.15) is 31.0 Å². The SMILES string of the molecule is O=C1CNC(=O)N1CC(=O)N1CCCC[C@H]1c1ccn[nH]1. The fourth-order valence-corrected chi connectivity index (χ4v) is 2.85. The Bertz CT molecular complexity index is 540. The van der Waals surface area contributed by atoms with Crippen LogP contribution in [0.15, 0.2) is 12.3 Å². The van der Waals surface area contributed by atoms with Crippen LogP contribution < -0.4 is 5.32 Å². The molecule has 0 saturated carbocycles. The Morgan fingerprint density at radius 2 is 2.24 bits per heavy atom. The Labute approximate surface area is 121 Å². The van der Waals surface area contributed by atoms with E-state index in [0.717, 1.165) is 29.9 Å². The van der Waals surface area contributed by atoms with Gasteiger partial charge < -0.3 is 10.2 Å². The molecule has 8 heteroatoms. The minimum absolute atomic E-state index is 0.0317. The van der Waals surface area contributed by atoms with Crippen LogP contribution in [0.5, 0.6) is 0 Å². The third-order valence-electron chi connectivity index (χ3n) is 3.93. The summed E-state index contributed by atoms with van der Waals surface area (Å²) in [5.41, 5.74) is 0.889. The molecule has 3 heterocycles. The molecule has 2 aliphatic rings. The first-order chi connectivity index (χ1) is 10.2. The van der Waals surface area contributed by atoms with E-state index < -0.39 is 6.03 Å². The van der Waals surface area contributed by atoms with Gasteiger partial charge in [0.2, 0.25) is 5.91 Å². The van der Waals surface area contributed by atoms with E-state index in [4.69, 9.17) is 0 Å². The zero-order valence-electron chi connectivity index (χ0n) is 11.5. The number of nitrogens with zero attached hydrogens (tertiary/aromatic N) is 3. The van der Waals surface area contributed by atoms with E-state index in [1.807, 2.05) is 6.07 Å². The van der Waals surface area contributed by atoms with Crippen LogP contribution in [-0.4, -0.2) is 57.5 Å². The number of nitrogens with one attached hydrogen (secondary N) is 2. The monoisotopic (exact) mass is 291 g/mol. The predicted molar refractivity (Wildman–Crippen MR) is 72.0 cm³/mol. The van der Waals surface area contributed by atoms with Crippen molar-refractivity contribution >= 4 is 17.8 Å². The molecule has 2 N–H and O–H groups in total. The zero-order chi connectivity index (χ0) is 14.8. The molecule has 1 aromatic rings. The average Bonchev–Trinajstić information content (AvgIpc) is 3.13. The van der Waals surface area contributed by atoms with Crippen LogP contribution in [0, 0.1) is 0 Å². The Hall–Kier alpha value is -2.38.